The number of nitrogens with zero attached hydrogens (tertiary/aromatic N) is 6. The fourth-order valence-electron chi connectivity index (χ4n) is 9.24. The Kier molecular flexibility index (Phi) is 6.32. The standard InChI is InChI=1S/C51H30N6O/c1-2-15-31(16-3-1)55-41-24-9-6-19-34(41)39-30-46-40(29-45(39)55)35-20-7-12-27-44(35)57(46)51-53-49(38-23-14-22-37-36-21-8-13-28-47(36)58-48(37)38)52-50(54-51)56-42-25-10-4-17-32(42)33-18-5-11-26-43(33)56/h1-30H. The van der Waals surface area contributed by atoms with E-state index in [2.05, 4.69) is 171 Å². The molecular weight excluding hydrogens is 713 g/mol. The van der Waals surface area contributed by atoms with Crippen molar-refractivity contribution in [3.63, 3.8) is 0 Å². The molecule has 5 heterocycles. The van der Waals surface area contributed by atoms with E-state index in [0.717, 1.165) is 93.2 Å². The second-order valence-electron chi connectivity index (χ2n) is 14.8. The normalized spacial score (nSPS) is 12.1. The fraction of sp³-hybridized carbons (Fsp3) is 0. The van der Waals surface area contributed by atoms with Gasteiger partial charge in [0.05, 0.1) is 38.7 Å². The molecule has 5 aromatic heterocycles. The first-order valence-electron chi connectivity index (χ1n) is 19.5. The molecule has 0 unspecified atom stereocenters. The highest BCUT2D eigenvalue weighted by Gasteiger charge is 2.24. The molecule has 270 valence electrons. The van der Waals surface area contributed by atoms with Crippen LogP contribution < -0.4 is 0 Å². The molecule has 0 aliphatic heterocycles. The van der Waals surface area contributed by atoms with Gasteiger partial charge in [-0.3, -0.25) is 9.13 Å². The van der Waals surface area contributed by atoms with Crippen molar-refractivity contribution in [1.82, 2.24) is 28.7 Å². The van der Waals surface area contributed by atoms with Gasteiger partial charge in [0.25, 0.3) is 0 Å². The summed E-state index contributed by atoms with van der Waals surface area (Å²) in [6.45, 7) is 0. The van der Waals surface area contributed by atoms with Crippen molar-refractivity contribution in [1.29, 1.82) is 0 Å². The predicted octanol–water partition coefficient (Wildman–Crippen LogP) is 12.7. The average Bonchev–Trinajstić information content (AvgIpc) is 4.02. The summed E-state index contributed by atoms with van der Waals surface area (Å²) in [6, 6.07) is 63.7. The Morgan fingerprint density at radius 3 is 1.38 bits per heavy atom. The Labute approximate surface area is 330 Å². The maximum absolute atomic E-state index is 6.59. The van der Waals surface area contributed by atoms with Gasteiger partial charge in [-0.1, -0.05) is 121 Å². The van der Waals surface area contributed by atoms with Crippen LogP contribution in [0.15, 0.2) is 186 Å². The molecular formula is C51H30N6O. The van der Waals surface area contributed by atoms with Gasteiger partial charge in [0.1, 0.15) is 11.2 Å². The van der Waals surface area contributed by atoms with E-state index in [0.29, 0.717) is 17.7 Å². The molecule has 58 heavy (non-hydrogen) atoms. The van der Waals surface area contributed by atoms with Gasteiger partial charge in [0, 0.05) is 48.8 Å². The Morgan fingerprint density at radius 1 is 0.328 bits per heavy atom. The number of hydrogen-bond donors (Lipinski definition) is 0. The summed E-state index contributed by atoms with van der Waals surface area (Å²) in [6.07, 6.45) is 0. The molecule has 0 saturated carbocycles. The molecule has 7 heteroatoms. The number of hydrogen-bond acceptors (Lipinski definition) is 4. The zero-order valence-corrected chi connectivity index (χ0v) is 30.9. The van der Waals surface area contributed by atoms with Gasteiger partial charge < -0.3 is 8.98 Å². The van der Waals surface area contributed by atoms with E-state index in [9.17, 15) is 0 Å². The first-order valence-corrected chi connectivity index (χ1v) is 19.5. The van der Waals surface area contributed by atoms with Gasteiger partial charge in [-0.15, -0.1) is 0 Å². The number of benzene rings is 8. The first-order chi connectivity index (χ1) is 28.8. The molecule has 0 aliphatic rings. The van der Waals surface area contributed by atoms with E-state index in [1.54, 1.807) is 0 Å². The van der Waals surface area contributed by atoms with Crippen molar-refractivity contribution in [3.05, 3.63) is 182 Å². The molecule has 0 N–H and O–H groups in total. The first kappa shape index (κ1) is 31.2. The minimum atomic E-state index is 0.521. The lowest BCUT2D eigenvalue weighted by Crippen LogP contribution is -2.10. The molecule has 0 fully saturated rings. The Morgan fingerprint density at radius 2 is 0.776 bits per heavy atom. The van der Waals surface area contributed by atoms with Crippen molar-refractivity contribution in [3.8, 4) is 29.0 Å². The van der Waals surface area contributed by atoms with Crippen LogP contribution >= 0.6 is 0 Å². The Balaban J connectivity index is 1.17. The van der Waals surface area contributed by atoms with Gasteiger partial charge in [-0.05, 0) is 60.7 Å². The van der Waals surface area contributed by atoms with Crippen LogP contribution in [0.5, 0.6) is 0 Å². The van der Waals surface area contributed by atoms with Crippen LogP contribution in [0, 0.1) is 0 Å². The van der Waals surface area contributed by atoms with E-state index in [1.165, 1.54) is 5.39 Å². The van der Waals surface area contributed by atoms with Crippen LogP contribution in [-0.2, 0) is 0 Å². The van der Waals surface area contributed by atoms with Gasteiger partial charge in [0.15, 0.2) is 5.82 Å². The summed E-state index contributed by atoms with van der Waals surface area (Å²) < 4.78 is 13.3. The fourth-order valence-corrected chi connectivity index (χ4v) is 9.24. The van der Waals surface area contributed by atoms with Gasteiger partial charge in [0.2, 0.25) is 11.9 Å². The topological polar surface area (TPSA) is 66.6 Å². The van der Waals surface area contributed by atoms with E-state index in [1.807, 2.05) is 24.3 Å². The van der Waals surface area contributed by atoms with Crippen LogP contribution in [0.1, 0.15) is 0 Å². The van der Waals surface area contributed by atoms with Gasteiger partial charge in [-0.2, -0.15) is 15.0 Å². The minimum absolute atomic E-state index is 0.521. The summed E-state index contributed by atoms with van der Waals surface area (Å²) in [5, 5.41) is 8.90. The number of rotatable bonds is 4. The third-order valence-corrected chi connectivity index (χ3v) is 11.7. The lowest BCUT2D eigenvalue weighted by Gasteiger charge is -2.13. The third kappa shape index (κ3) is 4.30. The smallest absolute Gasteiger partial charge is 0.240 e. The highest BCUT2D eigenvalue weighted by Crippen LogP contribution is 2.41. The SMILES string of the molecule is c1ccc(-n2c3ccccc3c3cc4c(cc32)c2ccccc2n4-c2nc(-c3cccc4c3oc3ccccc34)nc(-n3c4ccccc4c4ccccc43)n2)cc1. The molecule has 0 aliphatic carbocycles. The zero-order chi connectivity index (χ0) is 37.9. The molecule has 7 nitrogen and oxygen atoms in total. The number of fused-ring (bicyclic) bond motifs is 12. The molecule has 0 amide bonds. The Hall–Kier alpha value is -8.03. The summed E-state index contributed by atoms with van der Waals surface area (Å²) in [4.78, 5) is 16.2. The van der Waals surface area contributed by atoms with Crippen molar-refractivity contribution >= 4 is 87.4 Å². The number of aromatic nitrogens is 6. The lowest BCUT2D eigenvalue weighted by atomic mass is 10.1. The van der Waals surface area contributed by atoms with Crippen LogP contribution in [0.2, 0.25) is 0 Å². The largest absolute Gasteiger partial charge is 0.455 e. The second kappa shape index (κ2) is 11.7. The zero-order valence-electron chi connectivity index (χ0n) is 30.9. The van der Waals surface area contributed by atoms with Crippen molar-refractivity contribution in [2.45, 2.75) is 0 Å². The Bertz CT molecular complexity index is 3760. The summed E-state index contributed by atoms with van der Waals surface area (Å²) in [5.74, 6) is 1.57. The van der Waals surface area contributed by atoms with Crippen molar-refractivity contribution in [2.24, 2.45) is 0 Å². The van der Waals surface area contributed by atoms with Crippen LogP contribution in [0.25, 0.3) is 116 Å². The minimum Gasteiger partial charge on any atom is -0.455 e. The van der Waals surface area contributed by atoms with E-state index >= 15 is 0 Å². The summed E-state index contributed by atoms with van der Waals surface area (Å²) in [7, 11) is 0. The second-order valence-corrected chi connectivity index (χ2v) is 14.8. The van der Waals surface area contributed by atoms with Gasteiger partial charge >= 0.3 is 0 Å². The lowest BCUT2D eigenvalue weighted by molar-refractivity contribution is 0.669. The maximum atomic E-state index is 6.59. The summed E-state index contributed by atoms with van der Waals surface area (Å²) >= 11 is 0. The molecule has 0 atom stereocenters. The average molecular weight is 743 g/mol. The number of furan rings is 1. The van der Waals surface area contributed by atoms with Gasteiger partial charge in [-0.25, -0.2) is 0 Å². The van der Waals surface area contributed by atoms with Crippen molar-refractivity contribution in [2.75, 3.05) is 0 Å². The monoisotopic (exact) mass is 742 g/mol. The molecule has 8 aromatic carbocycles. The molecule has 0 bridgehead atoms. The molecule has 0 radical (unpaired) electrons. The highest BCUT2D eigenvalue weighted by atomic mass is 16.3. The maximum Gasteiger partial charge on any atom is 0.240 e. The molecule has 0 saturated heterocycles. The highest BCUT2D eigenvalue weighted by molar-refractivity contribution is 6.19. The van der Waals surface area contributed by atoms with E-state index in [-0.39, 0.29) is 0 Å². The van der Waals surface area contributed by atoms with Crippen molar-refractivity contribution < 1.29 is 4.42 Å². The van der Waals surface area contributed by atoms with E-state index in [4.69, 9.17) is 19.4 Å². The quantitative estimate of drug-likeness (QED) is 0.180. The molecule has 13 aromatic rings. The molecule has 0 spiro atoms. The molecule has 13 rings (SSSR count). The summed E-state index contributed by atoms with van der Waals surface area (Å²) in [5.41, 5.74) is 9.84. The van der Waals surface area contributed by atoms with Crippen LogP contribution in [-0.4, -0.2) is 28.7 Å². The van der Waals surface area contributed by atoms with Crippen LogP contribution in [0.4, 0.5) is 0 Å². The van der Waals surface area contributed by atoms with E-state index < -0.39 is 0 Å². The number of para-hydroxylation sites is 7. The van der Waals surface area contributed by atoms with Crippen LogP contribution in [0.3, 0.4) is 0 Å². The predicted molar refractivity (Wildman–Crippen MR) is 236 cm³/mol. The third-order valence-electron chi connectivity index (χ3n) is 11.7.